The molecule has 108 valence electrons. The Balaban J connectivity index is 2.03. The fourth-order valence-corrected chi connectivity index (χ4v) is 1.74. The van der Waals surface area contributed by atoms with Gasteiger partial charge in [0.15, 0.2) is 6.10 Å². The predicted octanol–water partition coefficient (Wildman–Crippen LogP) is 2.52. The molecule has 0 spiro atoms. The number of pyridine rings is 1. The third kappa shape index (κ3) is 3.66. The van der Waals surface area contributed by atoms with Crippen molar-refractivity contribution in [3.8, 4) is 5.88 Å². The van der Waals surface area contributed by atoms with Crippen LogP contribution in [0, 0.1) is 0 Å². The van der Waals surface area contributed by atoms with Gasteiger partial charge in [0.05, 0.1) is 12.7 Å². The van der Waals surface area contributed by atoms with E-state index in [1.807, 2.05) is 6.07 Å². The van der Waals surface area contributed by atoms with Crippen LogP contribution < -0.4 is 4.74 Å². The van der Waals surface area contributed by atoms with Crippen molar-refractivity contribution in [1.29, 1.82) is 0 Å². The Morgan fingerprint density at radius 2 is 1.76 bits per heavy atom. The average molecular weight is 285 g/mol. The zero-order valence-corrected chi connectivity index (χ0v) is 11.8. The van der Waals surface area contributed by atoms with E-state index in [0.29, 0.717) is 11.4 Å². The highest BCUT2D eigenvalue weighted by Gasteiger charge is 2.20. The zero-order chi connectivity index (χ0) is 15.2. The smallest absolute Gasteiger partial charge is 0.340 e. The molecule has 2 rings (SSSR count). The molecular formula is C16H15NO4. The monoisotopic (exact) mass is 285 g/mol. The number of benzene rings is 1. The molecule has 0 saturated heterocycles. The van der Waals surface area contributed by atoms with Crippen molar-refractivity contribution in [1.82, 2.24) is 4.98 Å². The van der Waals surface area contributed by atoms with Gasteiger partial charge in [-0.1, -0.05) is 30.3 Å². The molecule has 0 radical (unpaired) electrons. The molecule has 0 aliphatic rings. The minimum Gasteiger partial charge on any atom is -0.481 e. The molecule has 0 saturated carbocycles. The minimum absolute atomic E-state index is 0.245. The topological polar surface area (TPSA) is 65.5 Å². The maximum absolute atomic E-state index is 12.1. The third-order valence-electron chi connectivity index (χ3n) is 2.89. The highest BCUT2D eigenvalue weighted by molar-refractivity contribution is 6.01. The van der Waals surface area contributed by atoms with Gasteiger partial charge >= 0.3 is 5.97 Å². The second kappa shape index (κ2) is 6.65. The number of carbonyl (C=O) groups is 2. The number of carbonyl (C=O) groups excluding carboxylic acids is 2. The van der Waals surface area contributed by atoms with Crippen molar-refractivity contribution >= 4 is 11.8 Å². The molecule has 0 amide bonds. The molecule has 21 heavy (non-hydrogen) atoms. The largest absolute Gasteiger partial charge is 0.481 e. The number of aromatic nitrogens is 1. The number of rotatable bonds is 5. The normalized spacial score (nSPS) is 11.5. The first-order valence-corrected chi connectivity index (χ1v) is 6.42. The Morgan fingerprint density at radius 3 is 2.33 bits per heavy atom. The van der Waals surface area contributed by atoms with Crippen molar-refractivity contribution in [2.45, 2.75) is 13.0 Å². The van der Waals surface area contributed by atoms with Gasteiger partial charge in [-0.3, -0.25) is 4.79 Å². The summed E-state index contributed by atoms with van der Waals surface area (Å²) in [6, 6.07) is 11.8. The van der Waals surface area contributed by atoms with E-state index in [0.717, 1.165) is 0 Å². The van der Waals surface area contributed by atoms with Gasteiger partial charge in [-0.15, -0.1) is 0 Å². The van der Waals surface area contributed by atoms with E-state index < -0.39 is 12.1 Å². The molecule has 1 aromatic heterocycles. The van der Waals surface area contributed by atoms with Gasteiger partial charge in [-0.2, -0.15) is 0 Å². The van der Waals surface area contributed by atoms with Gasteiger partial charge in [0.1, 0.15) is 0 Å². The van der Waals surface area contributed by atoms with Gasteiger partial charge < -0.3 is 9.47 Å². The Labute approximate surface area is 122 Å². The molecule has 1 heterocycles. The van der Waals surface area contributed by atoms with Crippen LogP contribution in [-0.2, 0) is 4.74 Å². The highest BCUT2D eigenvalue weighted by atomic mass is 16.5. The van der Waals surface area contributed by atoms with Crippen molar-refractivity contribution in [2.75, 3.05) is 7.11 Å². The van der Waals surface area contributed by atoms with Gasteiger partial charge in [0.2, 0.25) is 11.7 Å². The molecule has 0 unspecified atom stereocenters. The molecular weight excluding hydrogens is 270 g/mol. The molecule has 0 N–H and O–H groups in total. The molecule has 0 aliphatic heterocycles. The van der Waals surface area contributed by atoms with Crippen LogP contribution in [0.3, 0.4) is 0 Å². The van der Waals surface area contributed by atoms with E-state index in [4.69, 9.17) is 9.47 Å². The van der Waals surface area contributed by atoms with Crippen molar-refractivity contribution in [3.05, 3.63) is 59.8 Å². The number of esters is 1. The second-order valence-corrected chi connectivity index (χ2v) is 4.37. The van der Waals surface area contributed by atoms with Gasteiger partial charge in [0, 0.05) is 17.8 Å². The predicted molar refractivity (Wildman–Crippen MR) is 76.4 cm³/mol. The van der Waals surface area contributed by atoms with Crippen LogP contribution in [0.25, 0.3) is 0 Å². The van der Waals surface area contributed by atoms with E-state index in [9.17, 15) is 9.59 Å². The van der Waals surface area contributed by atoms with Crippen LogP contribution in [0.15, 0.2) is 48.7 Å². The summed E-state index contributed by atoms with van der Waals surface area (Å²) in [5, 5.41) is 0. The van der Waals surface area contributed by atoms with E-state index in [1.165, 1.54) is 19.4 Å². The van der Waals surface area contributed by atoms with Crippen LogP contribution in [0.2, 0.25) is 0 Å². The summed E-state index contributed by atoms with van der Waals surface area (Å²) in [6.07, 6.45) is 0.489. The third-order valence-corrected chi connectivity index (χ3v) is 2.89. The first-order valence-electron chi connectivity index (χ1n) is 6.42. The van der Waals surface area contributed by atoms with E-state index in [-0.39, 0.29) is 11.3 Å². The molecule has 0 aliphatic carbocycles. The highest BCUT2D eigenvalue weighted by Crippen LogP contribution is 2.11. The van der Waals surface area contributed by atoms with Gasteiger partial charge in [-0.05, 0) is 13.0 Å². The zero-order valence-electron chi connectivity index (χ0n) is 11.8. The van der Waals surface area contributed by atoms with E-state index in [2.05, 4.69) is 4.98 Å². The molecule has 0 bridgehead atoms. The Morgan fingerprint density at radius 1 is 1.05 bits per heavy atom. The minimum atomic E-state index is -0.859. The molecule has 5 heteroatoms. The number of ketones is 1. The summed E-state index contributed by atoms with van der Waals surface area (Å²) in [5.41, 5.74) is 0.772. The Kier molecular flexibility index (Phi) is 4.66. The average Bonchev–Trinajstić information content (AvgIpc) is 2.55. The first-order chi connectivity index (χ1) is 10.1. The summed E-state index contributed by atoms with van der Waals surface area (Å²) in [4.78, 5) is 28.0. The Bertz CT molecular complexity index is 622. The Hall–Kier alpha value is -2.69. The van der Waals surface area contributed by atoms with Crippen LogP contribution in [0.4, 0.5) is 0 Å². The lowest BCUT2D eigenvalue weighted by atomic mass is 10.1. The number of ether oxygens (including phenoxy) is 2. The SMILES string of the molecule is COc1ccc(C(=O)O[C@@H](C)C(=O)c2ccccc2)cn1. The summed E-state index contributed by atoms with van der Waals surface area (Å²) in [5.74, 6) is -0.438. The fourth-order valence-electron chi connectivity index (χ4n) is 1.74. The second-order valence-electron chi connectivity index (χ2n) is 4.37. The molecule has 1 atom stereocenters. The lowest BCUT2D eigenvalue weighted by molar-refractivity contribution is 0.0318. The van der Waals surface area contributed by atoms with Gasteiger partial charge in [-0.25, -0.2) is 9.78 Å². The molecule has 0 fully saturated rings. The molecule has 5 nitrogen and oxygen atoms in total. The van der Waals surface area contributed by atoms with E-state index in [1.54, 1.807) is 37.3 Å². The quantitative estimate of drug-likeness (QED) is 0.624. The first kappa shape index (κ1) is 14.7. The molecule has 1 aromatic carbocycles. The maximum atomic E-state index is 12.1. The summed E-state index contributed by atoms with van der Waals surface area (Å²) in [7, 11) is 1.49. The summed E-state index contributed by atoms with van der Waals surface area (Å²) < 4.78 is 10.1. The van der Waals surface area contributed by atoms with Crippen molar-refractivity contribution in [3.63, 3.8) is 0 Å². The number of hydrogen-bond acceptors (Lipinski definition) is 5. The number of Topliss-reactive ketones (excluding diaryl/α,β-unsaturated/α-hetero) is 1. The number of methoxy groups -OCH3 is 1. The van der Waals surface area contributed by atoms with Gasteiger partial charge in [0.25, 0.3) is 0 Å². The van der Waals surface area contributed by atoms with Crippen LogP contribution in [0.1, 0.15) is 27.6 Å². The maximum Gasteiger partial charge on any atom is 0.340 e. The lowest BCUT2D eigenvalue weighted by Crippen LogP contribution is -2.24. The van der Waals surface area contributed by atoms with Crippen LogP contribution in [-0.4, -0.2) is 30.0 Å². The van der Waals surface area contributed by atoms with Crippen molar-refractivity contribution in [2.24, 2.45) is 0 Å². The lowest BCUT2D eigenvalue weighted by Gasteiger charge is -2.12. The molecule has 2 aromatic rings. The fraction of sp³-hybridized carbons (Fsp3) is 0.188. The van der Waals surface area contributed by atoms with Crippen LogP contribution >= 0.6 is 0 Å². The van der Waals surface area contributed by atoms with E-state index >= 15 is 0 Å². The van der Waals surface area contributed by atoms with Crippen molar-refractivity contribution < 1.29 is 19.1 Å². The number of nitrogens with zero attached hydrogens (tertiary/aromatic N) is 1. The summed E-state index contributed by atoms with van der Waals surface area (Å²) in [6.45, 7) is 1.55. The standard InChI is InChI=1S/C16H15NO4/c1-11(15(18)12-6-4-3-5-7-12)21-16(19)13-8-9-14(20-2)17-10-13/h3-11H,1-2H3/t11-/m0/s1. The number of hydrogen-bond donors (Lipinski definition) is 0. The van der Waals surface area contributed by atoms with Crippen LogP contribution in [0.5, 0.6) is 5.88 Å². The summed E-state index contributed by atoms with van der Waals surface area (Å²) >= 11 is 0.